The summed E-state index contributed by atoms with van der Waals surface area (Å²) < 4.78 is 0. The fraction of sp³-hybridized carbons (Fsp3) is 0.333. The van der Waals surface area contributed by atoms with Crippen LogP contribution >= 0.6 is 0 Å². The van der Waals surface area contributed by atoms with E-state index in [0.717, 1.165) is 0 Å². The van der Waals surface area contributed by atoms with Crippen LogP contribution in [-0.2, 0) is 9.59 Å². The largest absolute Gasteiger partial charge is 1.00 e. The van der Waals surface area contributed by atoms with Crippen LogP contribution in [0.5, 0.6) is 0 Å². The van der Waals surface area contributed by atoms with E-state index >= 15 is 0 Å². The first kappa shape index (κ1) is 12.6. The van der Waals surface area contributed by atoms with Gasteiger partial charge in [-0.15, -0.1) is 0 Å². The number of carboxylic acid groups (broad SMARTS) is 1. The maximum absolute atomic E-state index is 10.9. The van der Waals surface area contributed by atoms with Gasteiger partial charge in [0.05, 0.1) is 5.97 Å². The minimum Gasteiger partial charge on any atom is -0.545 e. The van der Waals surface area contributed by atoms with Crippen LogP contribution < -0.4 is 34.7 Å². The van der Waals surface area contributed by atoms with Crippen molar-refractivity contribution in [1.29, 1.82) is 0 Å². The quantitative estimate of drug-likeness (QED) is 0.433. The Bertz CT molecular complexity index is 289. The molecular formula is C9H9NaO3. The van der Waals surface area contributed by atoms with Crippen LogP contribution in [0, 0.1) is 0 Å². The summed E-state index contributed by atoms with van der Waals surface area (Å²) in [6.45, 7) is 1.81. The Morgan fingerprint density at radius 1 is 1.62 bits per heavy atom. The molecule has 13 heavy (non-hydrogen) atoms. The Labute approximate surface area is 98.8 Å². The van der Waals surface area contributed by atoms with Gasteiger partial charge in [-0.25, -0.2) is 0 Å². The van der Waals surface area contributed by atoms with Crippen LogP contribution in [0.4, 0.5) is 0 Å². The molecule has 1 rings (SSSR count). The van der Waals surface area contributed by atoms with E-state index in [2.05, 4.69) is 0 Å². The van der Waals surface area contributed by atoms with Crippen molar-refractivity contribution in [3.05, 3.63) is 23.3 Å². The number of ketones is 1. The molecule has 0 atom stereocenters. The van der Waals surface area contributed by atoms with E-state index in [4.69, 9.17) is 0 Å². The van der Waals surface area contributed by atoms with Crippen molar-refractivity contribution in [1.82, 2.24) is 0 Å². The summed E-state index contributed by atoms with van der Waals surface area (Å²) in [7, 11) is 0. The number of hydrogen-bond donors (Lipinski definition) is 0. The SMILES string of the molecule is CCC1=CC(=O)CC=C1C(=O)[O-].[Na+]. The van der Waals surface area contributed by atoms with Crippen LogP contribution in [0.2, 0.25) is 0 Å². The standard InChI is InChI=1S/C9H10O3.Na/c1-2-6-5-7(10)3-4-8(6)9(11)12;/h4-5H,2-3H2,1H3,(H,11,12);/q;+1/p-1. The summed E-state index contributed by atoms with van der Waals surface area (Å²) in [6.07, 6.45) is 3.51. The van der Waals surface area contributed by atoms with Crippen molar-refractivity contribution >= 4 is 11.8 Å². The van der Waals surface area contributed by atoms with Gasteiger partial charge in [0, 0.05) is 6.42 Å². The molecule has 64 valence electrons. The molecule has 0 saturated heterocycles. The smallest absolute Gasteiger partial charge is 0.545 e. The molecule has 0 unspecified atom stereocenters. The summed E-state index contributed by atoms with van der Waals surface area (Å²) in [4.78, 5) is 21.4. The molecule has 0 bridgehead atoms. The fourth-order valence-electron chi connectivity index (χ4n) is 1.17. The third kappa shape index (κ3) is 3.10. The molecule has 0 amide bonds. The first-order chi connectivity index (χ1) is 5.65. The van der Waals surface area contributed by atoms with Gasteiger partial charge in [0.2, 0.25) is 0 Å². The zero-order chi connectivity index (χ0) is 9.14. The van der Waals surface area contributed by atoms with E-state index in [1.165, 1.54) is 12.2 Å². The molecule has 0 fully saturated rings. The van der Waals surface area contributed by atoms with Gasteiger partial charge in [-0.1, -0.05) is 13.0 Å². The third-order valence-electron chi connectivity index (χ3n) is 1.79. The average Bonchev–Trinajstić information content (AvgIpc) is 2.03. The van der Waals surface area contributed by atoms with Crippen LogP contribution in [0.25, 0.3) is 0 Å². The summed E-state index contributed by atoms with van der Waals surface area (Å²) in [5.74, 6) is -1.24. The van der Waals surface area contributed by atoms with Crippen molar-refractivity contribution in [3.63, 3.8) is 0 Å². The molecular weight excluding hydrogens is 179 g/mol. The molecule has 0 aromatic rings. The molecule has 0 N–H and O–H groups in total. The van der Waals surface area contributed by atoms with E-state index in [1.807, 2.05) is 0 Å². The molecule has 0 aromatic heterocycles. The Hall–Kier alpha value is -0.380. The number of carbonyl (C=O) groups excluding carboxylic acids is 2. The van der Waals surface area contributed by atoms with Crippen LogP contribution in [-0.4, -0.2) is 11.8 Å². The van der Waals surface area contributed by atoms with Gasteiger partial charge in [0.1, 0.15) is 0 Å². The van der Waals surface area contributed by atoms with Gasteiger partial charge in [-0.05, 0) is 23.6 Å². The molecule has 0 heterocycles. The number of aliphatic carboxylic acids is 1. The Morgan fingerprint density at radius 2 is 2.23 bits per heavy atom. The topological polar surface area (TPSA) is 57.2 Å². The second-order valence-electron chi connectivity index (χ2n) is 2.60. The van der Waals surface area contributed by atoms with Crippen molar-refractivity contribution in [2.45, 2.75) is 19.8 Å². The predicted molar refractivity (Wildman–Crippen MR) is 41.1 cm³/mol. The molecule has 1 aliphatic carbocycles. The van der Waals surface area contributed by atoms with Crippen molar-refractivity contribution in [2.24, 2.45) is 0 Å². The second-order valence-corrected chi connectivity index (χ2v) is 2.60. The van der Waals surface area contributed by atoms with E-state index < -0.39 is 5.97 Å². The maximum atomic E-state index is 10.9. The molecule has 0 aliphatic heterocycles. The zero-order valence-electron chi connectivity index (χ0n) is 7.79. The minimum atomic E-state index is -1.20. The minimum absolute atomic E-state index is 0. The molecule has 3 nitrogen and oxygen atoms in total. The second kappa shape index (κ2) is 5.37. The van der Waals surface area contributed by atoms with Crippen molar-refractivity contribution in [3.8, 4) is 0 Å². The van der Waals surface area contributed by atoms with E-state index in [9.17, 15) is 14.7 Å². The monoisotopic (exact) mass is 188 g/mol. The van der Waals surface area contributed by atoms with Gasteiger partial charge in [-0.3, -0.25) is 4.79 Å². The number of rotatable bonds is 2. The summed E-state index contributed by atoms with van der Waals surface area (Å²) in [5, 5.41) is 10.5. The van der Waals surface area contributed by atoms with Crippen LogP contribution in [0.15, 0.2) is 23.3 Å². The van der Waals surface area contributed by atoms with Crippen molar-refractivity contribution < 1.29 is 44.3 Å². The summed E-state index contributed by atoms with van der Waals surface area (Å²) in [6, 6.07) is 0. The van der Waals surface area contributed by atoms with Gasteiger partial charge in [-0.2, -0.15) is 0 Å². The first-order valence-electron chi connectivity index (χ1n) is 3.80. The first-order valence-corrected chi connectivity index (χ1v) is 3.80. The molecule has 0 saturated carbocycles. The normalized spacial score (nSPS) is 15.6. The van der Waals surface area contributed by atoms with Crippen molar-refractivity contribution in [2.75, 3.05) is 0 Å². The van der Waals surface area contributed by atoms with E-state index in [-0.39, 0.29) is 47.3 Å². The number of carbonyl (C=O) groups is 2. The number of hydrogen-bond acceptors (Lipinski definition) is 3. The number of allylic oxidation sites excluding steroid dienone is 2. The summed E-state index contributed by atoms with van der Waals surface area (Å²) in [5.41, 5.74) is 0.725. The fourth-order valence-corrected chi connectivity index (χ4v) is 1.17. The van der Waals surface area contributed by atoms with Gasteiger partial charge >= 0.3 is 29.6 Å². The third-order valence-corrected chi connectivity index (χ3v) is 1.79. The maximum Gasteiger partial charge on any atom is 1.00 e. The van der Waals surface area contributed by atoms with E-state index in [1.54, 1.807) is 6.92 Å². The molecule has 4 heteroatoms. The molecule has 0 aromatic carbocycles. The molecule has 0 spiro atoms. The average molecular weight is 188 g/mol. The Balaban J connectivity index is 0.00000144. The van der Waals surface area contributed by atoms with Crippen LogP contribution in [0.3, 0.4) is 0 Å². The van der Waals surface area contributed by atoms with Crippen LogP contribution in [0.1, 0.15) is 19.8 Å². The number of carboxylic acids is 1. The molecule has 0 radical (unpaired) electrons. The van der Waals surface area contributed by atoms with Gasteiger partial charge in [0.25, 0.3) is 0 Å². The zero-order valence-corrected chi connectivity index (χ0v) is 9.79. The van der Waals surface area contributed by atoms with Gasteiger partial charge in [0.15, 0.2) is 5.78 Å². The van der Waals surface area contributed by atoms with E-state index in [0.29, 0.717) is 12.0 Å². The van der Waals surface area contributed by atoms with Gasteiger partial charge < -0.3 is 9.90 Å². The Morgan fingerprint density at radius 3 is 2.69 bits per heavy atom. The summed E-state index contributed by atoms with van der Waals surface area (Å²) >= 11 is 0. The predicted octanol–water partition coefficient (Wildman–Crippen LogP) is -3.02. The molecule has 1 aliphatic rings. The Kier molecular flexibility index (Phi) is 5.21.